The minimum absolute atomic E-state index is 0.628. The van der Waals surface area contributed by atoms with Crippen molar-refractivity contribution in [3.05, 3.63) is 151 Å². The van der Waals surface area contributed by atoms with Crippen LogP contribution >= 0.6 is 0 Å². The Morgan fingerprint density at radius 3 is 1.60 bits per heavy atom. The molecule has 4 heteroatoms. The van der Waals surface area contributed by atoms with Gasteiger partial charge in [0.1, 0.15) is 0 Å². The molecule has 0 unspecified atom stereocenters. The van der Waals surface area contributed by atoms with E-state index in [1.807, 2.05) is 84.9 Å². The van der Waals surface area contributed by atoms with E-state index in [0.29, 0.717) is 23.0 Å². The standard InChI is InChI=1S/C38H24N4/c39-25-26-17-19-27(20-18-26)31-22-21-28-13-8-16-34(35(28)24-31)32-14-7-15-33(23-32)38-41-36(29-9-3-1-4-10-29)40-37(42-38)30-11-5-2-6-12-30/h1-24H. The first-order valence-corrected chi connectivity index (χ1v) is 13.8. The summed E-state index contributed by atoms with van der Waals surface area (Å²) in [4.78, 5) is 14.7. The fourth-order valence-corrected chi connectivity index (χ4v) is 5.20. The van der Waals surface area contributed by atoms with Crippen molar-refractivity contribution in [3.63, 3.8) is 0 Å². The summed E-state index contributed by atoms with van der Waals surface area (Å²) in [7, 11) is 0. The number of nitrogens with zero attached hydrogens (tertiary/aromatic N) is 4. The van der Waals surface area contributed by atoms with Gasteiger partial charge in [-0.05, 0) is 57.3 Å². The second-order valence-corrected chi connectivity index (χ2v) is 10.0. The number of fused-ring (bicyclic) bond motifs is 1. The van der Waals surface area contributed by atoms with Crippen LogP contribution in [0.15, 0.2) is 146 Å². The molecule has 1 aromatic heterocycles. The van der Waals surface area contributed by atoms with Gasteiger partial charge in [-0.15, -0.1) is 0 Å². The monoisotopic (exact) mass is 536 g/mol. The molecule has 0 saturated carbocycles. The lowest BCUT2D eigenvalue weighted by molar-refractivity contribution is 1.07. The highest BCUT2D eigenvalue weighted by Gasteiger charge is 2.14. The first-order valence-electron chi connectivity index (χ1n) is 13.8. The van der Waals surface area contributed by atoms with Gasteiger partial charge in [-0.25, -0.2) is 15.0 Å². The largest absolute Gasteiger partial charge is 0.208 e. The second kappa shape index (κ2) is 10.9. The van der Waals surface area contributed by atoms with Crippen molar-refractivity contribution in [2.24, 2.45) is 0 Å². The summed E-state index contributed by atoms with van der Waals surface area (Å²) in [5.74, 6) is 1.91. The maximum atomic E-state index is 9.19. The number of aromatic nitrogens is 3. The van der Waals surface area contributed by atoms with Gasteiger partial charge in [0.25, 0.3) is 0 Å². The molecule has 0 N–H and O–H groups in total. The van der Waals surface area contributed by atoms with E-state index in [0.717, 1.165) is 49.7 Å². The van der Waals surface area contributed by atoms with Gasteiger partial charge < -0.3 is 0 Å². The average Bonchev–Trinajstić information content (AvgIpc) is 3.08. The summed E-state index contributed by atoms with van der Waals surface area (Å²) in [5.41, 5.74) is 7.85. The highest BCUT2D eigenvalue weighted by molar-refractivity contribution is 5.99. The Kier molecular flexibility index (Phi) is 6.52. The zero-order chi connectivity index (χ0) is 28.3. The summed E-state index contributed by atoms with van der Waals surface area (Å²) in [5, 5.41) is 11.5. The van der Waals surface area contributed by atoms with E-state index in [4.69, 9.17) is 15.0 Å². The summed E-state index contributed by atoms with van der Waals surface area (Å²) < 4.78 is 0. The van der Waals surface area contributed by atoms with Crippen LogP contribution in [0.5, 0.6) is 0 Å². The van der Waals surface area contributed by atoms with Gasteiger partial charge in [-0.1, -0.05) is 121 Å². The molecular formula is C38H24N4. The SMILES string of the molecule is N#Cc1ccc(-c2ccc3cccc(-c4cccc(-c5nc(-c6ccccc6)nc(-c6ccccc6)n5)c4)c3c2)cc1. The third-order valence-electron chi connectivity index (χ3n) is 7.36. The van der Waals surface area contributed by atoms with Gasteiger partial charge in [-0.3, -0.25) is 0 Å². The molecular weight excluding hydrogens is 512 g/mol. The summed E-state index contributed by atoms with van der Waals surface area (Å²) in [6, 6.07) is 51.2. The minimum atomic E-state index is 0.628. The van der Waals surface area contributed by atoms with Crippen LogP contribution in [0.25, 0.3) is 67.2 Å². The zero-order valence-electron chi connectivity index (χ0n) is 22.6. The molecule has 0 fully saturated rings. The van der Waals surface area contributed by atoms with E-state index < -0.39 is 0 Å². The highest BCUT2D eigenvalue weighted by Crippen LogP contribution is 2.34. The number of nitriles is 1. The Morgan fingerprint density at radius 2 is 0.952 bits per heavy atom. The molecule has 0 aliphatic carbocycles. The molecule has 42 heavy (non-hydrogen) atoms. The van der Waals surface area contributed by atoms with Crippen LogP contribution in [0.1, 0.15) is 5.56 Å². The van der Waals surface area contributed by atoms with Crippen molar-refractivity contribution in [1.29, 1.82) is 5.26 Å². The van der Waals surface area contributed by atoms with Crippen LogP contribution in [0, 0.1) is 11.3 Å². The molecule has 0 atom stereocenters. The van der Waals surface area contributed by atoms with Gasteiger partial charge in [0.05, 0.1) is 11.6 Å². The van der Waals surface area contributed by atoms with Crippen molar-refractivity contribution in [3.8, 4) is 62.5 Å². The lowest BCUT2D eigenvalue weighted by atomic mass is 9.94. The summed E-state index contributed by atoms with van der Waals surface area (Å²) in [6.07, 6.45) is 0. The second-order valence-electron chi connectivity index (χ2n) is 10.0. The van der Waals surface area contributed by atoms with Crippen LogP contribution < -0.4 is 0 Å². The molecule has 0 aliphatic rings. The van der Waals surface area contributed by atoms with E-state index in [2.05, 4.69) is 66.7 Å². The Balaban J connectivity index is 1.35. The average molecular weight is 537 g/mol. The quantitative estimate of drug-likeness (QED) is 0.220. The normalized spacial score (nSPS) is 10.8. The Morgan fingerprint density at radius 1 is 0.405 bits per heavy atom. The third kappa shape index (κ3) is 4.92. The molecule has 196 valence electrons. The Hall–Kier alpha value is -5.92. The van der Waals surface area contributed by atoms with E-state index in [1.165, 1.54) is 0 Å². The van der Waals surface area contributed by atoms with Gasteiger partial charge >= 0.3 is 0 Å². The van der Waals surface area contributed by atoms with Crippen molar-refractivity contribution in [2.75, 3.05) is 0 Å². The molecule has 0 radical (unpaired) electrons. The van der Waals surface area contributed by atoms with Crippen LogP contribution in [0.3, 0.4) is 0 Å². The van der Waals surface area contributed by atoms with Crippen LogP contribution in [-0.2, 0) is 0 Å². The van der Waals surface area contributed by atoms with E-state index in [-0.39, 0.29) is 0 Å². The van der Waals surface area contributed by atoms with Gasteiger partial charge in [0.2, 0.25) is 0 Å². The molecule has 0 aliphatic heterocycles. The van der Waals surface area contributed by atoms with E-state index in [1.54, 1.807) is 0 Å². The zero-order valence-corrected chi connectivity index (χ0v) is 22.6. The van der Waals surface area contributed by atoms with Gasteiger partial charge in [-0.2, -0.15) is 5.26 Å². The lowest BCUT2D eigenvalue weighted by Crippen LogP contribution is -2.00. The number of benzene rings is 6. The van der Waals surface area contributed by atoms with E-state index >= 15 is 0 Å². The molecule has 7 rings (SSSR count). The molecule has 0 spiro atoms. The molecule has 6 aromatic carbocycles. The first-order chi connectivity index (χ1) is 20.7. The fourth-order valence-electron chi connectivity index (χ4n) is 5.20. The molecule has 4 nitrogen and oxygen atoms in total. The first kappa shape index (κ1) is 25.1. The molecule has 7 aromatic rings. The van der Waals surface area contributed by atoms with Crippen molar-refractivity contribution >= 4 is 10.8 Å². The molecule has 0 saturated heterocycles. The molecule has 1 heterocycles. The Bertz CT molecular complexity index is 2020. The van der Waals surface area contributed by atoms with Crippen LogP contribution in [-0.4, -0.2) is 15.0 Å². The van der Waals surface area contributed by atoms with Crippen molar-refractivity contribution in [2.45, 2.75) is 0 Å². The number of hydrogen-bond donors (Lipinski definition) is 0. The Labute approximate surface area is 244 Å². The smallest absolute Gasteiger partial charge is 0.164 e. The molecule has 0 bridgehead atoms. The van der Waals surface area contributed by atoms with E-state index in [9.17, 15) is 5.26 Å². The van der Waals surface area contributed by atoms with Crippen LogP contribution in [0.2, 0.25) is 0 Å². The third-order valence-corrected chi connectivity index (χ3v) is 7.36. The van der Waals surface area contributed by atoms with Gasteiger partial charge in [0.15, 0.2) is 17.5 Å². The van der Waals surface area contributed by atoms with Crippen molar-refractivity contribution < 1.29 is 0 Å². The van der Waals surface area contributed by atoms with Crippen LogP contribution in [0.4, 0.5) is 0 Å². The topological polar surface area (TPSA) is 62.5 Å². The fraction of sp³-hybridized carbons (Fsp3) is 0. The summed E-state index contributed by atoms with van der Waals surface area (Å²) in [6.45, 7) is 0. The number of rotatable bonds is 5. The lowest BCUT2D eigenvalue weighted by Gasteiger charge is -2.12. The predicted octanol–water partition coefficient (Wildman–Crippen LogP) is 9.23. The van der Waals surface area contributed by atoms with Crippen molar-refractivity contribution in [1.82, 2.24) is 15.0 Å². The minimum Gasteiger partial charge on any atom is -0.208 e. The maximum absolute atomic E-state index is 9.19. The maximum Gasteiger partial charge on any atom is 0.164 e. The predicted molar refractivity (Wildman–Crippen MR) is 169 cm³/mol. The highest BCUT2D eigenvalue weighted by atomic mass is 15.0. The van der Waals surface area contributed by atoms with Gasteiger partial charge in [0, 0.05) is 16.7 Å². The number of hydrogen-bond acceptors (Lipinski definition) is 4. The molecule has 0 amide bonds. The summed E-state index contributed by atoms with van der Waals surface area (Å²) >= 11 is 0.